The van der Waals surface area contributed by atoms with Crippen molar-refractivity contribution in [1.29, 1.82) is 5.26 Å². The molecule has 2 rings (SSSR count). The van der Waals surface area contributed by atoms with Gasteiger partial charge in [0.05, 0.1) is 10.9 Å². The number of amides is 2. The average Bonchev–Trinajstić information content (AvgIpc) is 3.01. The summed E-state index contributed by atoms with van der Waals surface area (Å²) in [5.74, 6) is -0.755. The minimum atomic E-state index is -1.02. The van der Waals surface area contributed by atoms with E-state index in [2.05, 4.69) is 11.4 Å². The van der Waals surface area contributed by atoms with E-state index >= 15 is 0 Å². The topological polar surface area (TPSA) is 99.5 Å². The molecule has 0 spiro atoms. The van der Waals surface area contributed by atoms with Crippen molar-refractivity contribution in [2.24, 2.45) is 5.92 Å². The first kappa shape index (κ1) is 18.6. The Morgan fingerprint density at radius 1 is 1.58 bits per heavy atom. The van der Waals surface area contributed by atoms with Gasteiger partial charge < -0.3 is 15.0 Å². The van der Waals surface area contributed by atoms with Crippen molar-refractivity contribution < 1.29 is 19.1 Å². The third-order valence-corrected chi connectivity index (χ3v) is 6.35. The minimum Gasteiger partial charge on any atom is -0.454 e. The molecule has 132 valence electrons. The van der Waals surface area contributed by atoms with Crippen LogP contribution in [0, 0.1) is 17.2 Å². The van der Waals surface area contributed by atoms with Gasteiger partial charge >= 0.3 is 5.97 Å². The van der Waals surface area contributed by atoms with Crippen molar-refractivity contribution in [1.82, 2.24) is 10.2 Å². The largest absolute Gasteiger partial charge is 0.454 e. The third kappa shape index (κ3) is 3.36. The fourth-order valence-electron chi connectivity index (χ4n) is 2.86. The second-order valence-electron chi connectivity index (χ2n) is 6.89. The van der Waals surface area contributed by atoms with Crippen LogP contribution in [0.5, 0.6) is 0 Å². The Hall–Kier alpha value is -1.75. The quantitative estimate of drug-likeness (QED) is 0.741. The third-order valence-electron chi connectivity index (χ3n) is 4.85. The maximum Gasteiger partial charge on any atom is 0.330 e. The number of fused-ring (bicyclic) bond motifs is 1. The molecule has 0 aromatic heterocycles. The summed E-state index contributed by atoms with van der Waals surface area (Å²) in [5, 5.41) is 11.8. The van der Waals surface area contributed by atoms with Crippen molar-refractivity contribution in [3.63, 3.8) is 0 Å². The Bertz CT molecular complexity index is 603. The Balaban J connectivity index is 1.91. The Morgan fingerprint density at radius 2 is 2.25 bits per heavy atom. The van der Waals surface area contributed by atoms with Crippen molar-refractivity contribution in [3.05, 3.63) is 0 Å². The molecular weight excluding hydrogens is 330 g/mol. The number of thioether (sulfide) groups is 1. The number of hydrogen-bond acceptors (Lipinski definition) is 6. The van der Waals surface area contributed by atoms with Crippen LogP contribution in [0.25, 0.3) is 0 Å². The molecule has 1 N–H and O–H groups in total. The van der Waals surface area contributed by atoms with Crippen LogP contribution in [0.15, 0.2) is 0 Å². The van der Waals surface area contributed by atoms with E-state index in [0.717, 1.165) is 6.42 Å². The predicted octanol–water partition coefficient (Wildman–Crippen LogP) is 1.04. The number of nitrogens with one attached hydrogen (secondary N) is 1. The van der Waals surface area contributed by atoms with E-state index < -0.39 is 30.1 Å². The van der Waals surface area contributed by atoms with Crippen LogP contribution in [-0.4, -0.2) is 51.5 Å². The van der Waals surface area contributed by atoms with Crippen molar-refractivity contribution in [2.75, 3.05) is 12.4 Å². The number of carbonyl (C=O) groups is 3. The molecule has 2 fully saturated rings. The lowest BCUT2D eigenvalue weighted by Gasteiger charge is -2.29. The monoisotopic (exact) mass is 353 g/mol. The zero-order valence-corrected chi connectivity index (χ0v) is 15.2. The summed E-state index contributed by atoms with van der Waals surface area (Å²) in [4.78, 5) is 37.5. The lowest BCUT2D eigenvalue weighted by molar-refractivity contribution is -0.156. The van der Waals surface area contributed by atoms with Gasteiger partial charge in [-0.05, 0) is 26.2 Å². The SMILES string of the molecule is CC(C)[C@@](C)(C#N)NC(=O)COC(=O)[C@H]1CS[C@@]2(C)CCC(=O)N12. The number of nitrogens with zero attached hydrogens (tertiary/aromatic N) is 2. The molecule has 2 aliphatic heterocycles. The normalized spacial score (nSPS) is 28.2. The molecule has 2 heterocycles. The molecule has 3 atom stereocenters. The van der Waals surface area contributed by atoms with Crippen LogP contribution in [0.4, 0.5) is 0 Å². The summed E-state index contributed by atoms with van der Waals surface area (Å²) in [7, 11) is 0. The first-order chi connectivity index (χ1) is 11.1. The minimum absolute atomic E-state index is 0.0502. The average molecular weight is 353 g/mol. The molecule has 0 radical (unpaired) electrons. The Kier molecular flexibility index (Phi) is 5.14. The van der Waals surface area contributed by atoms with Crippen LogP contribution >= 0.6 is 11.8 Å². The van der Waals surface area contributed by atoms with Crippen LogP contribution in [0.2, 0.25) is 0 Å². The van der Waals surface area contributed by atoms with E-state index in [1.807, 2.05) is 20.8 Å². The van der Waals surface area contributed by atoms with Crippen LogP contribution in [0.1, 0.15) is 40.5 Å². The molecule has 0 aromatic rings. The molecule has 0 saturated carbocycles. The lowest BCUT2D eigenvalue weighted by Crippen LogP contribution is -2.51. The maximum absolute atomic E-state index is 12.3. The highest BCUT2D eigenvalue weighted by Gasteiger charge is 2.53. The highest BCUT2D eigenvalue weighted by Crippen LogP contribution is 2.47. The van der Waals surface area contributed by atoms with Gasteiger partial charge in [0.15, 0.2) is 6.61 Å². The summed E-state index contributed by atoms with van der Waals surface area (Å²) in [6.45, 7) is 6.77. The number of ether oxygens (including phenoxy) is 1. The van der Waals surface area contributed by atoms with Crippen LogP contribution < -0.4 is 5.32 Å². The lowest BCUT2D eigenvalue weighted by atomic mass is 9.90. The van der Waals surface area contributed by atoms with Gasteiger partial charge in [0.25, 0.3) is 5.91 Å². The van der Waals surface area contributed by atoms with Gasteiger partial charge in [-0.25, -0.2) is 4.79 Å². The van der Waals surface area contributed by atoms with Gasteiger partial charge in [-0.1, -0.05) is 13.8 Å². The number of nitriles is 1. The summed E-state index contributed by atoms with van der Waals surface area (Å²) in [5.41, 5.74) is -1.02. The van der Waals surface area contributed by atoms with E-state index in [4.69, 9.17) is 4.74 Å². The number of hydrogen-bond donors (Lipinski definition) is 1. The maximum atomic E-state index is 12.3. The van der Waals surface area contributed by atoms with E-state index in [-0.39, 0.29) is 16.7 Å². The van der Waals surface area contributed by atoms with E-state index in [1.54, 1.807) is 23.6 Å². The zero-order valence-electron chi connectivity index (χ0n) is 14.4. The van der Waals surface area contributed by atoms with Gasteiger partial charge in [-0.3, -0.25) is 9.59 Å². The number of rotatable bonds is 5. The van der Waals surface area contributed by atoms with Gasteiger partial charge in [0, 0.05) is 12.2 Å². The second-order valence-corrected chi connectivity index (χ2v) is 8.39. The highest BCUT2D eigenvalue weighted by molar-refractivity contribution is 8.01. The Morgan fingerprint density at radius 3 is 2.83 bits per heavy atom. The van der Waals surface area contributed by atoms with E-state index in [9.17, 15) is 19.6 Å². The van der Waals surface area contributed by atoms with Gasteiger partial charge in [0.2, 0.25) is 5.91 Å². The molecule has 7 nitrogen and oxygen atoms in total. The molecule has 0 aromatic carbocycles. The van der Waals surface area contributed by atoms with Gasteiger partial charge in [-0.15, -0.1) is 11.8 Å². The standard InChI is InChI=1S/C16H23N3O4S/c1-10(2)15(3,9-17)18-12(20)7-23-14(22)11-8-24-16(4)6-5-13(21)19(11)16/h10-11H,5-8H2,1-4H3,(H,18,20)/t11-,15-,16+/m1/s1. The fourth-order valence-corrected chi connectivity index (χ4v) is 4.27. The second kappa shape index (κ2) is 6.63. The van der Waals surface area contributed by atoms with Crippen molar-refractivity contribution in [2.45, 2.75) is 57.0 Å². The van der Waals surface area contributed by atoms with E-state index in [1.165, 1.54) is 0 Å². The Labute approximate surface area is 146 Å². The van der Waals surface area contributed by atoms with Crippen LogP contribution in [0.3, 0.4) is 0 Å². The fraction of sp³-hybridized carbons (Fsp3) is 0.750. The van der Waals surface area contributed by atoms with Crippen molar-refractivity contribution in [3.8, 4) is 6.07 Å². The molecular formula is C16H23N3O4S. The smallest absolute Gasteiger partial charge is 0.330 e. The molecule has 8 heteroatoms. The highest BCUT2D eigenvalue weighted by atomic mass is 32.2. The van der Waals surface area contributed by atoms with Gasteiger partial charge in [0.1, 0.15) is 11.6 Å². The molecule has 0 bridgehead atoms. The summed E-state index contributed by atoms with van der Waals surface area (Å²) in [6.07, 6.45) is 1.15. The molecule has 2 amide bonds. The van der Waals surface area contributed by atoms with Crippen LogP contribution in [-0.2, 0) is 19.1 Å². The van der Waals surface area contributed by atoms with Crippen molar-refractivity contribution >= 4 is 29.5 Å². The number of esters is 1. The molecule has 2 aliphatic rings. The van der Waals surface area contributed by atoms with E-state index in [0.29, 0.717) is 12.2 Å². The zero-order chi connectivity index (χ0) is 18.1. The first-order valence-corrected chi connectivity index (χ1v) is 8.96. The molecule has 0 unspecified atom stereocenters. The number of carbonyl (C=O) groups excluding carboxylic acids is 3. The summed E-state index contributed by atoms with van der Waals surface area (Å²) in [6, 6.07) is 1.42. The van der Waals surface area contributed by atoms with Gasteiger partial charge in [-0.2, -0.15) is 5.26 Å². The summed E-state index contributed by atoms with van der Waals surface area (Å²) >= 11 is 1.57. The predicted molar refractivity (Wildman–Crippen MR) is 88.7 cm³/mol. The molecule has 0 aliphatic carbocycles. The summed E-state index contributed by atoms with van der Waals surface area (Å²) < 4.78 is 5.09. The first-order valence-electron chi connectivity index (χ1n) is 7.98. The molecule has 24 heavy (non-hydrogen) atoms. The molecule has 2 saturated heterocycles.